The Balaban J connectivity index is 0.000000243. The maximum atomic E-state index is 12.5. The minimum absolute atomic E-state index is 0.0679. The molecule has 41 heteroatoms. The molecule has 552 valence electrons. The number of carbonyl (C=O) groups excluding carboxylic acids is 5. The third kappa shape index (κ3) is 21.0. The summed E-state index contributed by atoms with van der Waals surface area (Å²) in [5.41, 5.74) is 10.3. The van der Waals surface area contributed by atoms with Crippen LogP contribution in [0.1, 0.15) is 87.9 Å². The quantitative estimate of drug-likeness (QED) is 0.0263. The molecule has 0 spiro atoms. The summed E-state index contributed by atoms with van der Waals surface area (Å²) < 4.78 is 51.5. The number of hydrogen-bond donors (Lipinski definition) is 16. The average molecular weight is 1410 g/mol. The zero-order valence-corrected chi connectivity index (χ0v) is 55.4. The topological polar surface area (TPSA) is 585 Å². The number of aromatic nitrogens is 6. The lowest BCUT2D eigenvalue weighted by atomic mass is 10.1. The summed E-state index contributed by atoms with van der Waals surface area (Å²) in [6.45, 7) is 19.1. The average Bonchev–Trinajstić information content (AvgIpc) is 1.63. The highest BCUT2D eigenvalue weighted by atomic mass is 16.7. The van der Waals surface area contributed by atoms with Crippen LogP contribution in [-0.2, 0) is 66.6 Å². The predicted octanol–water partition coefficient (Wildman–Crippen LogP) is -3.57. The van der Waals surface area contributed by atoms with Crippen molar-refractivity contribution in [2.45, 2.75) is 173 Å². The smallest absolute Gasteiger partial charge is 0.351 e. The van der Waals surface area contributed by atoms with Crippen LogP contribution in [0, 0.1) is 29.6 Å². The van der Waals surface area contributed by atoms with Gasteiger partial charge in [0.1, 0.15) is 92.7 Å². The fourth-order valence-electron chi connectivity index (χ4n) is 9.14. The van der Waals surface area contributed by atoms with Gasteiger partial charge in [0, 0.05) is 24.8 Å². The van der Waals surface area contributed by atoms with Gasteiger partial charge in [0.15, 0.2) is 60.4 Å². The first-order valence-corrected chi connectivity index (χ1v) is 30.7. The molecule has 4 fully saturated rings. The van der Waals surface area contributed by atoms with Gasteiger partial charge < -0.3 is 89.0 Å². The molecule has 41 nitrogen and oxygen atoms in total. The fourth-order valence-corrected chi connectivity index (χ4v) is 9.14. The van der Waals surface area contributed by atoms with Crippen LogP contribution in [0.15, 0.2) is 80.8 Å². The number of hydrogen-bond acceptors (Lipinski definition) is 38. The third-order valence-electron chi connectivity index (χ3n) is 15.0. The normalized spacial score (nSPS) is 27.2. The molecule has 0 bridgehead atoms. The summed E-state index contributed by atoms with van der Waals surface area (Å²) in [5.74, 6) is -4.49. The van der Waals surface area contributed by atoms with Crippen LogP contribution >= 0.6 is 0 Å². The SMILES string of the molecule is C=C1N=C(NO)C=CN1[C@@H]1O[C@H](CO)[C@@H](O)[C@H]1O.CC(C)C(=O)OC[C@H]1O[C@@H](n2ccc(NO)nc2=O)[C@H](O)[C@@H]1O.CC(C)C(=O)OC[C@H]1O[C@@H](n2ccc(NO)nc2=O)[C@H](OC(=O)C(C)C)[C@@H]1OC(=O)C(C)C.CC(C)[C@H](N)C(=O)OC[C@H]1O[C@@H](n2ccc(NO)nc2=O)[C@H](O)[C@@H]1O. The summed E-state index contributed by atoms with van der Waals surface area (Å²) in [6, 6.07) is 3.05. The van der Waals surface area contributed by atoms with E-state index in [0.717, 1.165) is 13.7 Å². The van der Waals surface area contributed by atoms with Crippen LogP contribution in [-0.4, -0.2) is 238 Å². The number of hydroxylamine groups is 1. The maximum Gasteiger partial charge on any atom is 0.351 e. The van der Waals surface area contributed by atoms with E-state index in [4.69, 9.17) is 74.3 Å². The van der Waals surface area contributed by atoms with Crippen molar-refractivity contribution < 1.29 is 123 Å². The number of nitrogens with two attached hydrogens (primary N) is 1. The van der Waals surface area contributed by atoms with Crippen LogP contribution in [0.25, 0.3) is 0 Å². The summed E-state index contributed by atoms with van der Waals surface area (Å²) in [7, 11) is 0. The standard InChI is InChI=1S/C21H31N3O9.C14H22N4O7.C13H19N3O7.C10H15N3O5/c1-10(2)18(25)30-9-13-15(32-19(26)11(3)4)16(33-20(27)12(5)6)17(31-13)24-8-7-14(23-29)22-21(24)28;1-6(2)9(15)13(21)24-5-7-10(19)11(20)12(25-7)18-4-3-8(17-23)16-14(18)22;1-6(2)12(19)22-5-7-9(17)10(18)11(23-7)16-4-3-8(15-21)14-13(16)20;1-5-11-7(12-17)2-3-13(5)10-9(16)8(15)6(4-14)18-10/h7-8,10-13,15-17,29H,9H2,1-6H3,(H,22,23,28);3-4,6-7,9-12,19-20,23H,5,15H2,1-2H3,(H,16,17,22);3-4,6-7,9-11,17-18,21H,5H2,1-2H3,(H,14,15,20);2-3,6,8-10,14-17H,1,4H2,(H,11,12)/t13-,15-,16-,17-;7-,9+,10-,11-,12-;7-,9-,10-,11-;6-,8-,9-,10-/m1111/s1. The molecule has 0 aliphatic carbocycles. The number of ether oxygens (including phenoxy) is 9. The summed E-state index contributed by atoms with van der Waals surface area (Å²) in [5, 5.41) is 104. The van der Waals surface area contributed by atoms with Crippen molar-refractivity contribution >= 4 is 53.1 Å². The lowest BCUT2D eigenvalue weighted by molar-refractivity contribution is -0.173. The molecule has 0 saturated carbocycles. The van der Waals surface area contributed by atoms with Crippen molar-refractivity contribution in [3.8, 4) is 0 Å². The monoisotopic (exact) mass is 1410 g/mol. The largest absolute Gasteiger partial charge is 0.463 e. The Labute approximate surface area is 563 Å². The second kappa shape index (κ2) is 37.1. The van der Waals surface area contributed by atoms with E-state index in [-0.39, 0.29) is 60.8 Å². The Morgan fingerprint density at radius 1 is 0.505 bits per heavy atom. The zero-order valence-electron chi connectivity index (χ0n) is 55.4. The van der Waals surface area contributed by atoms with E-state index in [1.54, 1.807) is 85.7 Å². The molecule has 5 aliphatic rings. The van der Waals surface area contributed by atoms with Crippen LogP contribution in [0.3, 0.4) is 0 Å². The van der Waals surface area contributed by atoms with E-state index in [9.17, 15) is 69.0 Å². The third-order valence-corrected chi connectivity index (χ3v) is 15.0. The van der Waals surface area contributed by atoms with Crippen molar-refractivity contribution in [2.75, 3.05) is 42.9 Å². The molecule has 17 atom stereocenters. The summed E-state index contributed by atoms with van der Waals surface area (Å²) in [6.07, 6.45) is -12.0. The Hall–Kier alpha value is -8.50. The lowest BCUT2D eigenvalue weighted by Gasteiger charge is -2.30. The zero-order chi connectivity index (χ0) is 74.0. The van der Waals surface area contributed by atoms with Crippen molar-refractivity contribution in [2.24, 2.45) is 40.3 Å². The first kappa shape index (κ1) is 81.2. The number of aliphatic hydroxyl groups excluding tert-OH is 7. The van der Waals surface area contributed by atoms with Crippen molar-refractivity contribution in [3.05, 3.63) is 92.9 Å². The molecule has 99 heavy (non-hydrogen) atoms. The van der Waals surface area contributed by atoms with Crippen LogP contribution < -0.4 is 44.7 Å². The molecular weight excluding hydrogens is 1330 g/mol. The molecular formula is C58H87N13O28. The van der Waals surface area contributed by atoms with Crippen molar-refractivity contribution in [3.63, 3.8) is 0 Å². The number of aliphatic imine (C=N–C) groups is 1. The molecule has 8 heterocycles. The molecule has 8 rings (SSSR count). The van der Waals surface area contributed by atoms with Gasteiger partial charge in [-0.05, 0) is 30.2 Å². The van der Waals surface area contributed by atoms with Gasteiger partial charge in [-0.1, -0.05) is 75.8 Å². The first-order valence-electron chi connectivity index (χ1n) is 30.7. The van der Waals surface area contributed by atoms with Gasteiger partial charge in [0.25, 0.3) is 0 Å². The van der Waals surface area contributed by atoms with Crippen LogP contribution in [0.5, 0.6) is 0 Å². The minimum atomic E-state index is -1.44. The highest BCUT2D eigenvalue weighted by Crippen LogP contribution is 2.36. The number of nitrogens with zero attached hydrogens (tertiary/aromatic N) is 8. The molecule has 0 radical (unpaired) electrons. The van der Waals surface area contributed by atoms with Crippen molar-refractivity contribution in [1.82, 2.24) is 39.0 Å². The Morgan fingerprint density at radius 3 is 1.21 bits per heavy atom. The Morgan fingerprint density at radius 2 is 0.859 bits per heavy atom. The highest BCUT2D eigenvalue weighted by Gasteiger charge is 2.53. The maximum absolute atomic E-state index is 12.5. The van der Waals surface area contributed by atoms with Crippen molar-refractivity contribution in [1.29, 1.82) is 0 Å². The van der Waals surface area contributed by atoms with E-state index < -0.39 is 175 Å². The van der Waals surface area contributed by atoms with E-state index in [1.807, 2.05) is 5.48 Å². The molecule has 0 amide bonds. The lowest BCUT2D eigenvalue weighted by Crippen LogP contribution is -2.43. The number of aliphatic hydroxyl groups is 7. The van der Waals surface area contributed by atoms with E-state index >= 15 is 0 Å². The first-order chi connectivity index (χ1) is 46.6. The molecule has 3 aromatic heterocycles. The van der Waals surface area contributed by atoms with Gasteiger partial charge in [0.05, 0.1) is 30.3 Å². The number of rotatable bonds is 22. The van der Waals surface area contributed by atoms with Crippen LogP contribution in [0.2, 0.25) is 0 Å². The van der Waals surface area contributed by atoms with Gasteiger partial charge in [-0.15, -0.1) is 0 Å². The predicted molar refractivity (Wildman–Crippen MR) is 333 cm³/mol. The molecule has 3 aromatic rings. The molecule has 17 N–H and O–H groups in total. The number of carbonyl (C=O) groups is 5. The van der Waals surface area contributed by atoms with Gasteiger partial charge in [0.2, 0.25) is 0 Å². The molecule has 5 aliphatic heterocycles. The van der Waals surface area contributed by atoms with E-state index in [1.165, 1.54) is 54.0 Å². The van der Waals surface area contributed by atoms with Gasteiger partial charge in [-0.2, -0.15) is 15.0 Å². The number of amidine groups is 1. The fraction of sp³-hybridized carbons (Fsp3) is 0.621. The van der Waals surface area contributed by atoms with Crippen LogP contribution in [0.4, 0.5) is 17.5 Å². The Kier molecular flexibility index (Phi) is 30.4. The number of esters is 5. The van der Waals surface area contributed by atoms with E-state index in [2.05, 4.69) is 26.5 Å². The Bertz CT molecular complexity index is 3460. The summed E-state index contributed by atoms with van der Waals surface area (Å²) >= 11 is 0. The van der Waals surface area contributed by atoms with Gasteiger partial charge in [-0.25, -0.2) is 19.4 Å². The summed E-state index contributed by atoms with van der Waals surface area (Å²) in [4.78, 5) is 112. The molecule has 0 unspecified atom stereocenters. The molecule has 4 saturated heterocycles. The number of anilines is 3. The second-order valence-corrected chi connectivity index (χ2v) is 24.1. The minimum Gasteiger partial charge on any atom is -0.463 e. The number of nitrogens with one attached hydrogen (secondary N) is 4. The second-order valence-electron chi connectivity index (χ2n) is 24.1. The van der Waals surface area contributed by atoms with Gasteiger partial charge in [-0.3, -0.25) is 80.4 Å². The van der Waals surface area contributed by atoms with Gasteiger partial charge >= 0.3 is 46.9 Å². The highest BCUT2D eigenvalue weighted by molar-refractivity contribution is 5.93. The van der Waals surface area contributed by atoms with E-state index in [0.29, 0.717) is 0 Å². The molecule has 0 aromatic carbocycles.